The van der Waals surface area contributed by atoms with E-state index >= 15 is 0 Å². The molecule has 1 aliphatic rings. The lowest BCUT2D eigenvalue weighted by Crippen LogP contribution is -2.36. The van der Waals surface area contributed by atoms with Gasteiger partial charge in [-0.3, -0.25) is 4.79 Å². The molecule has 1 fully saturated rings. The average molecular weight is 636 g/mol. The van der Waals surface area contributed by atoms with E-state index in [1.165, 1.54) is 17.0 Å². The zero-order valence-corrected chi connectivity index (χ0v) is 26.6. The molecular weight excluding hydrogens is 598 g/mol. The van der Waals surface area contributed by atoms with Crippen molar-refractivity contribution in [3.8, 4) is 34.1 Å². The van der Waals surface area contributed by atoms with Crippen molar-refractivity contribution >= 4 is 18.0 Å². The summed E-state index contributed by atoms with van der Waals surface area (Å²) in [5, 5.41) is 29.5. The monoisotopic (exact) mass is 635 g/mol. The molecule has 47 heavy (non-hydrogen) atoms. The highest BCUT2D eigenvalue weighted by molar-refractivity contribution is 5.94. The van der Waals surface area contributed by atoms with Crippen LogP contribution in [0.25, 0.3) is 22.3 Å². The molecule has 0 radical (unpaired) electrons. The Hall–Kier alpha value is -5.66. The average Bonchev–Trinajstić information content (AvgIpc) is 3.40. The van der Waals surface area contributed by atoms with E-state index in [1.807, 2.05) is 55.5 Å². The van der Waals surface area contributed by atoms with Gasteiger partial charge in [0, 0.05) is 5.56 Å². The van der Waals surface area contributed by atoms with Crippen LogP contribution in [-0.2, 0) is 4.74 Å². The van der Waals surface area contributed by atoms with E-state index in [0.717, 1.165) is 16.7 Å². The van der Waals surface area contributed by atoms with Crippen molar-refractivity contribution in [1.82, 2.24) is 4.90 Å². The predicted octanol–water partition coefficient (Wildman–Crippen LogP) is 6.04. The van der Waals surface area contributed by atoms with E-state index < -0.39 is 35.8 Å². The maximum absolute atomic E-state index is 12.3. The molecule has 4 aromatic rings. The lowest BCUT2D eigenvalue weighted by molar-refractivity contribution is 0.0268. The molecule has 0 bridgehead atoms. The molecule has 2 atom stereocenters. The number of likely N-dealkylation sites (tertiary alicyclic amines) is 1. The number of amides is 2. The van der Waals surface area contributed by atoms with Gasteiger partial charge in [-0.25, -0.2) is 9.59 Å². The second-order valence-electron chi connectivity index (χ2n) is 12.1. The fourth-order valence-electron chi connectivity index (χ4n) is 4.95. The van der Waals surface area contributed by atoms with Gasteiger partial charge in [0.15, 0.2) is 0 Å². The first-order valence-corrected chi connectivity index (χ1v) is 14.9. The number of aryl methyl sites for hydroxylation is 1. The smallest absolute Gasteiger partial charge is 0.410 e. The molecule has 10 heteroatoms. The number of carbonyl (C=O) groups is 3. The number of aliphatic hydroxyl groups excluding tert-OH is 1. The number of ether oxygens (including phenoxy) is 2. The third kappa shape index (κ3) is 9.19. The van der Waals surface area contributed by atoms with Crippen LogP contribution in [0.4, 0.5) is 4.79 Å². The highest BCUT2D eigenvalue weighted by atomic mass is 16.6. The van der Waals surface area contributed by atoms with Crippen LogP contribution in [0.2, 0.25) is 0 Å². The Morgan fingerprint density at radius 2 is 1.55 bits per heavy atom. The molecule has 0 saturated carbocycles. The first-order valence-electron chi connectivity index (χ1n) is 14.9. The summed E-state index contributed by atoms with van der Waals surface area (Å²) < 4.78 is 11.2. The van der Waals surface area contributed by atoms with Crippen LogP contribution >= 0.6 is 0 Å². The zero-order valence-electron chi connectivity index (χ0n) is 26.6. The lowest BCUT2D eigenvalue weighted by atomic mass is 9.96. The number of β-amino-alcohol motifs (C(OH)–C–C–N with tert-alkyl or cyclic N) is 1. The topological polar surface area (TPSA) is 163 Å². The summed E-state index contributed by atoms with van der Waals surface area (Å²) in [6.45, 7) is 7.27. The Morgan fingerprint density at radius 1 is 0.872 bits per heavy atom. The molecule has 1 aliphatic heterocycles. The molecular formula is C37H37N3O7. The summed E-state index contributed by atoms with van der Waals surface area (Å²) in [6.07, 6.45) is -2.28. The van der Waals surface area contributed by atoms with E-state index in [-0.39, 0.29) is 24.4 Å². The number of nitrogens with two attached hydrogens (primary N) is 1. The number of benzene rings is 4. The number of carboxylic acid groups (broad SMARTS) is 1. The summed E-state index contributed by atoms with van der Waals surface area (Å²) in [5.41, 5.74) is 9.57. The van der Waals surface area contributed by atoms with Gasteiger partial charge in [0.1, 0.15) is 23.6 Å². The van der Waals surface area contributed by atoms with Crippen LogP contribution in [-0.4, -0.2) is 64.0 Å². The molecule has 4 aromatic carbocycles. The number of aromatic carboxylic acids is 1. The number of rotatable bonds is 6. The van der Waals surface area contributed by atoms with Gasteiger partial charge in [-0.05, 0) is 91.9 Å². The van der Waals surface area contributed by atoms with Crippen molar-refractivity contribution in [2.24, 2.45) is 5.73 Å². The minimum absolute atomic E-state index is 0.0153. The third-order valence-electron chi connectivity index (χ3n) is 7.19. The normalized spacial score (nSPS) is 15.5. The van der Waals surface area contributed by atoms with Crippen LogP contribution in [0.15, 0.2) is 91.0 Å². The largest absolute Gasteiger partial charge is 0.486 e. The number of primary amides is 1. The van der Waals surface area contributed by atoms with Gasteiger partial charge in [0.25, 0.3) is 0 Å². The molecule has 1 saturated heterocycles. The first kappa shape index (κ1) is 34.2. The molecule has 0 aliphatic carbocycles. The highest BCUT2D eigenvalue weighted by Gasteiger charge is 2.37. The molecule has 0 aromatic heterocycles. The van der Waals surface area contributed by atoms with Crippen molar-refractivity contribution in [2.45, 2.75) is 45.5 Å². The van der Waals surface area contributed by atoms with Gasteiger partial charge in [0.2, 0.25) is 5.91 Å². The molecule has 4 N–H and O–H groups in total. The fourth-order valence-corrected chi connectivity index (χ4v) is 4.95. The van der Waals surface area contributed by atoms with Crippen molar-refractivity contribution < 1.29 is 34.1 Å². The SMILES string of the molecule is Cc1ccc(-c2cc(OC3CN(C(=O)OC(C)(C)C)CC3O)cc(C(=O)O)c2)c(C#N)c1.NC(=O)c1cccc(-c2ccccc2)c1. The van der Waals surface area contributed by atoms with Crippen molar-refractivity contribution in [3.05, 3.63) is 113 Å². The second-order valence-corrected chi connectivity index (χ2v) is 12.1. The van der Waals surface area contributed by atoms with E-state index in [1.54, 1.807) is 51.1 Å². The summed E-state index contributed by atoms with van der Waals surface area (Å²) in [5.74, 6) is -1.32. The van der Waals surface area contributed by atoms with Crippen molar-refractivity contribution in [2.75, 3.05) is 13.1 Å². The molecule has 242 valence electrons. The van der Waals surface area contributed by atoms with Crippen LogP contribution < -0.4 is 10.5 Å². The molecule has 5 rings (SSSR count). The third-order valence-corrected chi connectivity index (χ3v) is 7.19. The zero-order chi connectivity index (χ0) is 34.3. The molecule has 2 unspecified atom stereocenters. The van der Waals surface area contributed by atoms with Gasteiger partial charge < -0.3 is 30.3 Å². The highest BCUT2D eigenvalue weighted by Crippen LogP contribution is 2.31. The number of nitrogens with zero attached hydrogens (tertiary/aromatic N) is 2. The van der Waals surface area contributed by atoms with Crippen LogP contribution in [0, 0.1) is 18.3 Å². The number of hydrogen-bond acceptors (Lipinski definition) is 7. The molecule has 1 heterocycles. The fraction of sp³-hybridized carbons (Fsp3) is 0.243. The predicted molar refractivity (Wildman–Crippen MR) is 177 cm³/mol. The van der Waals surface area contributed by atoms with Crippen LogP contribution in [0.5, 0.6) is 5.75 Å². The van der Waals surface area contributed by atoms with Gasteiger partial charge in [-0.1, -0.05) is 54.6 Å². The van der Waals surface area contributed by atoms with E-state index in [0.29, 0.717) is 22.3 Å². The van der Waals surface area contributed by atoms with Gasteiger partial charge in [-0.15, -0.1) is 0 Å². The van der Waals surface area contributed by atoms with E-state index in [4.69, 9.17) is 15.2 Å². The molecule has 0 spiro atoms. The lowest BCUT2D eigenvalue weighted by Gasteiger charge is -2.24. The van der Waals surface area contributed by atoms with Crippen molar-refractivity contribution in [3.63, 3.8) is 0 Å². The quantitative estimate of drug-likeness (QED) is 0.231. The summed E-state index contributed by atoms with van der Waals surface area (Å²) in [4.78, 5) is 36.4. The standard InChI is InChI=1S/C24H26N2O6.C13H11NO/c1-14-5-6-19(17(7-14)11-25)15-8-16(22(28)29)10-18(9-15)31-21-13-26(12-20(21)27)23(30)32-24(2,3)4;14-13(15)12-8-4-7-11(9-12)10-5-2-1-3-6-10/h5-10,20-21,27H,12-13H2,1-4H3,(H,28,29);1-9H,(H2,14,15). The minimum Gasteiger partial charge on any atom is -0.486 e. The maximum Gasteiger partial charge on any atom is 0.410 e. The number of carbonyl (C=O) groups excluding carboxylic acids is 2. The first-order chi connectivity index (χ1) is 22.2. The molecule has 2 amide bonds. The number of carboxylic acids is 1. The summed E-state index contributed by atoms with van der Waals surface area (Å²) in [6, 6.07) is 29.1. The number of hydrogen-bond donors (Lipinski definition) is 3. The maximum atomic E-state index is 12.3. The Balaban J connectivity index is 0.000000277. The Bertz CT molecular complexity index is 1810. The molecule has 10 nitrogen and oxygen atoms in total. The van der Waals surface area contributed by atoms with E-state index in [2.05, 4.69) is 6.07 Å². The Morgan fingerprint density at radius 3 is 2.19 bits per heavy atom. The Labute approximate surface area is 273 Å². The van der Waals surface area contributed by atoms with Crippen LogP contribution in [0.1, 0.15) is 52.6 Å². The van der Waals surface area contributed by atoms with E-state index in [9.17, 15) is 29.9 Å². The van der Waals surface area contributed by atoms with Crippen LogP contribution in [0.3, 0.4) is 0 Å². The summed E-state index contributed by atoms with van der Waals surface area (Å²) in [7, 11) is 0. The minimum atomic E-state index is -1.15. The number of nitriles is 1. The second kappa shape index (κ2) is 14.6. The van der Waals surface area contributed by atoms with Gasteiger partial charge >= 0.3 is 12.1 Å². The Kier molecular flexibility index (Phi) is 10.6. The van der Waals surface area contributed by atoms with Crippen molar-refractivity contribution in [1.29, 1.82) is 5.26 Å². The summed E-state index contributed by atoms with van der Waals surface area (Å²) >= 11 is 0. The van der Waals surface area contributed by atoms with Gasteiger partial charge in [-0.2, -0.15) is 5.26 Å². The number of aliphatic hydroxyl groups is 1. The van der Waals surface area contributed by atoms with Gasteiger partial charge in [0.05, 0.1) is 30.3 Å².